The van der Waals surface area contributed by atoms with Gasteiger partial charge < -0.3 is 0 Å². The van der Waals surface area contributed by atoms with E-state index in [1.54, 1.807) is 11.4 Å². The SMILES string of the molecule is O=[N+]([O-])c1ccnc2ccsc12. The van der Waals surface area contributed by atoms with Gasteiger partial charge in [0.25, 0.3) is 5.69 Å². The maximum absolute atomic E-state index is 10.5. The summed E-state index contributed by atoms with van der Waals surface area (Å²) in [7, 11) is 0. The Kier molecular flexibility index (Phi) is 1.51. The van der Waals surface area contributed by atoms with Gasteiger partial charge in [-0.1, -0.05) is 0 Å². The van der Waals surface area contributed by atoms with Gasteiger partial charge in [0, 0.05) is 12.3 Å². The summed E-state index contributed by atoms with van der Waals surface area (Å²) in [6.45, 7) is 0. The first-order chi connectivity index (χ1) is 5.79. The second kappa shape index (κ2) is 2.53. The molecule has 0 saturated heterocycles. The zero-order chi connectivity index (χ0) is 8.55. The Morgan fingerprint density at radius 2 is 2.33 bits per heavy atom. The van der Waals surface area contributed by atoms with Crippen LogP contribution in [0.4, 0.5) is 5.69 Å². The van der Waals surface area contributed by atoms with Crippen molar-refractivity contribution < 1.29 is 4.92 Å². The third-order valence-electron chi connectivity index (χ3n) is 1.52. The van der Waals surface area contributed by atoms with Crippen molar-refractivity contribution >= 4 is 27.2 Å². The van der Waals surface area contributed by atoms with Crippen molar-refractivity contribution in [2.24, 2.45) is 0 Å². The summed E-state index contributed by atoms with van der Waals surface area (Å²) in [5.41, 5.74) is 0.823. The molecule has 60 valence electrons. The zero-order valence-electron chi connectivity index (χ0n) is 5.93. The van der Waals surface area contributed by atoms with E-state index in [9.17, 15) is 10.1 Å². The lowest BCUT2D eigenvalue weighted by Crippen LogP contribution is -1.87. The Morgan fingerprint density at radius 1 is 1.50 bits per heavy atom. The van der Waals surface area contributed by atoms with Crippen LogP contribution in [-0.4, -0.2) is 9.91 Å². The number of hydrogen-bond acceptors (Lipinski definition) is 4. The van der Waals surface area contributed by atoms with Gasteiger partial charge in [-0.25, -0.2) is 0 Å². The molecule has 2 aromatic rings. The molecule has 2 aromatic heterocycles. The van der Waals surface area contributed by atoms with E-state index in [0.29, 0.717) is 10.2 Å². The highest BCUT2D eigenvalue weighted by molar-refractivity contribution is 7.17. The molecule has 0 radical (unpaired) electrons. The number of nitrogens with zero attached hydrogens (tertiary/aromatic N) is 2. The Bertz CT molecular complexity index is 438. The lowest BCUT2D eigenvalue weighted by molar-refractivity contribution is -0.382. The first kappa shape index (κ1) is 7.17. The summed E-state index contributed by atoms with van der Waals surface area (Å²) in [5.74, 6) is 0. The quantitative estimate of drug-likeness (QED) is 0.499. The average molecular weight is 180 g/mol. The van der Waals surface area contributed by atoms with Crippen molar-refractivity contribution in [3.8, 4) is 0 Å². The van der Waals surface area contributed by atoms with Crippen molar-refractivity contribution in [1.82, 2.24) is 4.98 Å². The molecule has 0 aromatic carbocycles. The summed E-state index contributed by atoms with van der Waals surface area (Å²) in [6, 6.07) is 3.19. The summed E-state index contributed by atoms with van der Waals surface area (Å²) < 4.78 is 0.641. The Balaban J connectivity index is 2.82. The molecule has 0 amide bonds. The van der Waals surface area contributed by atoms with Crippen LogP contribution in [0.3, 0.4) is 0 Å². The lowest BCUT2D eigenvalue weighted by atomic mass is 10.3. The summed E-state index contributed by atoms with van der Waals surface area (Å²) in [5, 5.41) is 12.3. The van der Waals surface area contributed by atoms with Gasteiger partial charge in [-0.05, 0) is 11.4 Å². The largest absolute Gasteiger partial charge is 0.290 e. The number of pyridine rings is 1. The molecule has 0 fully saturated rings. The third kappa shape index (κ3) is 0.947. The summed E-state index contributed by atoms with van der Waals surface area (Å²) in [4.78, 5) is 14.1. The number of hydrogen-bond donors (Lipinski definition) is 0. The van der Waals surface area contributed by atoms with E-state index in [1.165, 1.54) is 23.6 Å². The maximum Gasteiger partial charge on any atom is 0.290 e. The van der Waals surface area contributed by atoms with E-state index < -0.39 is 0 Å². The Morgan fingerprint density at radius 3 is 3.08 bits per heavy atom. The van der Waals surface area contributed by atoms with E-state index >= 15 is 0 Å². The number of thiophene rings is 1. The second-order valence-electron chi connectivity index (χ2n) is 2.22. The molecule has 0 spiro atoms. The molecule has 5 heteroatoms. The molecule has 0 aliphatic carbocycles. The topological polar surface area (TPSA) is 56.0 Å². The van der Waals surface area contributed by atoms with Crippen molar-refractivity contribution in [3.63, 3.8) is 0 Å². The number of fused-ring (bicyclic) bond motifs is 1. The van der Waals surface area contributed by atoms with Gasteiger partial charge in [-0.3, -0.25) is 15.1 Å². The van der Waals surface area contributed by atoms with Crippen LogP contribution in [0.5, 0.6) is 0 Å². The zero-order valence-corrected chi connectivity index (χ0v) is 6.75. The van der Waals surface area contributed by atoms with Gasteiger partial charge in [0.2, 0.25) is 0 Å². The van der Waals surface area contributed by atoms with Gasteiger partial charge in [-0.15, -0.1) is 11.3 Å². The Hall–Kier alpha value is -1.49. The molecular weight excluding hydrogens is 176 g/mol. The Labute approximate surface area is 71.6 Å². The third-order valence-corrected chi connectivity index (χ3v) is 2.45. The highest BCUT2D eigenvalue weighted by atomic mass is 32.1. The lowest BCUT2D eigenvalue weighted by Gasteiger charge is -1.90. The average Bonchev–Trinajstić information content (AvgIpc) is 2.49. The summed E-state index contributed by atoms with van der Waals surface area (Å²) >= 11 is 1.34. The molecule has 12 heavy (non-hydrogen) atoms. The van der Waals surface area contributed by atoms with Gasteiger partial charge in [0.15, 0.2) is 0 Å². The van der Waals surface area contributed by atoms with Crippen LogP contribution in [0.15, 0.2) is 23.7 Å². The summed E-state index contributed by atoms with van der Waals surface area (Å²) in [6.07, 6.45) is 1.45. The molecule has 0 atom stereocenters. The highest BCUT2D eigenvalue weighted by Crippen LogP contribution is 2.27. The number of nitro groups is 1. The molecule has 0 N–H and O–H groups in total. The predicted molar refractivity (Wildman–Crippen MR) is 46.3 cm³/mol. The molecule has 0 unspecified atom stereocenters. The first-order valence-electron chi connectivity index (χ1n) is 3.25. The maximum atomic E-state index is 10.5. The fraction of sp³-hybridized carbons (Fsp3) is 0. The number of rotatable bonds is 1. The fourth-order valence-corrected chi connectivity index (χ4v) is 1.84. The van der Waals surface area contributed by atoms with Gasteiger partial charge in [-0.2, -0.15) is 0 Å². The van der Waals surface area contributed by atoms with Crippen molar-refractivity contribution in [1.29, 1.82) is 0 Å². The fourth-order valence-electron chi connectivity index (χ4n) is 1.00. The van der Waals surface area contributed by atoms with Crippen LogP contribution >= 0.6 is 11.3 Å². The van der Waals surface area contributed by atoms with Crippen LogP contribution in [0.1, 0.15) is 0 Å². The van der Waals surface area contributed by atoms with E-state index in [4.69, 9.17) is 0 Å². The molecule has 4 nitrogen and oxygen atoms in total. The molecule has 0 aliphatic rings. The van der Waals surface area contributed by atoms with Crippen LogP contribution in [0.2, 0.25) is 0 Å². The van der Waals surface area contributed by atoms with Crippen molar-refractivity contribution in [2.45, 2.75) is 0 Å². The first-order valence-corrected chi connectivity index (χ1v) is 4.13. The van der Waals surface area contributed by atoms with E-state index in [-0.39, 0.29) is 10.6 Å². The van der Waals surface area contributed by atoms with E-state index in [1.807, 2.05) is 0 Å². The van der Waals surface area contributed by atoms with Crippen molar-refractivity contribution in [3.05, 3.63) is 33.8 Å². The van der Waals surface area contributed by atoms with Crippen molar-refractivity contribution in [2.75, 3.05) is 0 Å². The van der Waals surface area contributed by atoms with E-state index in [2.05, 4.69) is 4.98 Å². The van der Waals surface area contributed by atoms with Crippen LogP contribution < -0.4 is 0 Å². The smallest absolute Gasteiger partial charge is 0.258 e. The van der Waals surface area contributed by atoms with Gasteiger partial charge in [0.05, 0.1) is 10.4 Å². The van der Waals surface area contributed by atoms with Gasteiger partial charge >= 0.3 is 0 Å². The molecule has 0 bridgehead atoms. The monoisotopic (exact) mass is 180 g/mol. The molecule has 0 aliphatic heterocycles. The normalized spacial score (nSPS) is 10.3. The minimum absolute atomic E-state index is 0.134. The van der Waals surface area contributed by atoms with Gasteiger partial charge in [0.1, 0.15) is 4.70 Å². The van der Waals surface area contributed by atoms with Crippen LogP contribution in [-0.2, 0) is 0 Å². The molecule has 2 heterocycles. The predicted octanol–water partition coefficient (Wildman–Crippen LogP) is 2.20. The van der Waals surface area contributed by atoms with Crippen LogP contribution in [0, 0.1) is 10.1 Å². The molecule has 2 rings (SSSR count). The van der Waals surface area contributed by atoms with Crippen LogP contribution in [0.25, 0.3) is 10.2 Å². The van der Waals surface area contributed by atoms with E-state index in [0.717, 1.165) is 0 Å². The minimum atomic E-state index is -0.388. The second-order valence-corrected chi connectivity index (χ2v) is 3.14. The highest BCUT2D eigenvalue weighted by Gasteiger charge is 2.11. The molecule has 0 saturated carbocycles. The minimum Gasteiger partial charge on any atom is -0.258 e. The standard InChI is InChI=1S/C7H4N2O2S/c10-9(11)6-1-3-8-5-2-4-12-7(5)6/h1-4H. The molecular formula is C7H4N2O2S. The number of aromatic nitrogens is 1.